The maximum absolute atomic E-state index is 14.7. The van der Waals surface area contributed by atoms with Crippen molar-refractivity contribution in [3.63, 3.8) is 0 Å². The molecule has 1 amide bonds. The molecule has 226 valence electrons. The van der Waals surface area contributed by atoms with Crippen LogP contribution in [0.4, 0.5) is 23.7 Å². The second kappa shape index (κ2) is 12.7. The Hall–Kier alpha value is -3.57. The Bertz CT molecular complexity index is 1320. The number of nitrogens with one attached hydrogen (secondary N) is 1. The molecule has 0 radical (unpaired) electrons. The van der Waals surface area contributed by atoms with Crippen LogP contribution in [0.3, 0.4) is 0 Å². The quantitative estimate of drug-likeness (QED) is 0.297. The van der Waals surface area contributed by atoms with Crippen LogP contribution in [0.2, 0.25) is 0 Å². The minimum absolute atomic E-state index is 0.0996. The first-order chi connectivity index (χ1) is 20.2. The average Bonchev–Trinajstić information content (AvgIpc) is 3.31. The molecule has 2 aromatic rings. The zero-order valence-corrected chi connectivity index (χ0v) is 23.8. The third-order valence-corrected chi connectivity index (χ3v) is 8.65. The highest BCUT2D eigenvalue weighted by atomic mass is 19.2. The van der Waals surface area contributed by atoms with E-state index in [0.717, 1.165) is 37.3 Å². The van der Waals surface area contributed by atoms with Crippen LogP contribution in [-0.4, -0.2) is 71.9 Å². The number of piperidine rings is 1. The largest absolute Gasteiger partial charge is 0.478 e. The van der Waals surface area contributed by atoms with Crippen LogP contribution >= 0.6 is 0 Å². The third kappa shape index (κ3) is 6.73. The SMILES string of the molecule is CNN(C=C(Cc1cc(F)c(F)cc1F)CN1CCC2(CC1)CN(c1ccc(C(=O)O)cc1)C(=O)O2)C1CCCCC1. The molecule has 2 aliphatic heterocycles. The van der Waals surface area contributed by atoms with E-state index < -0.39 is 35.1 Å². The third-order valence-electron chi connectivity index (χ3n) is 8.65. The van der Waals surface area contributed by atoms with E-state index in [1.165, 1.54) is 23.5 Å². The number of rotatable bonds is 9. The van der Waals surface area contributed by atoms with Crippen LogP contribution in [0.15, 0.2) is 48.2 Å². The highest BCUT2D eigenvalue weighted by Crippen LogP contribution is 2.36. The molecule has 0 bridgehead atoms. The van der Waals surface area contributed by atoms with Gasteiger partial charge < -0.3 is 14.9 Å². The molecule has 0 atom stereocenters. The Morgan fingerprint density at radius 2 is 1.74 bits per heavy atom. The second-order valence-corrected chi connectivity index (χ2v) is 11.5. The number of benzene rings is 2. The van der Waals surface area contributed by atoms with E-state index >= 15 is 0 Å². The predicted molar refractivity (Wildman–Crippen MR) is 152 cm³/mol. The lowest BCUT2D eigenvalue weighted by atomic mass is 9.90. The van der Waals surface area contributed by atoms with Crippen molar-refractivity contribution in [1.29, 1.82) is 0 Å². The zero-order valence-electron chi connectivity index (χ0n) is 23.8. The molecule has 2 heterocycles. The molecular formula is C31H37F3N4O4. The molecule has 5 rings (SSSR count). The van der Waals surface area contributed by atoms with E-state index in [4.69, 9.17) is 9.84 Å². The normalized spacial score (nSPS) is 19.8. The Morgan fingerprint density at radius 3 is 2.38 bits per heavy atom. The number of hydrogen-bond acceptors (Lipinski definition) is 6. The smallest absolute Gasteiger partial charge is 0.415 e. The fourth-order valence-electron chi connectivity index (χ4n) is 6.27. The van der Waals surface area contributed by atoms with Crippen LogP contribution in [0, 0.1) is 17.5 Å². The first-order valence-corrected chi connectivity index (χ1v) is 14.5. The van der Waals surface area contributed by atoms with Crippen molar-refractivity contribution in [2.75, 3.05) is 38.1 Å². The van der Waals surface area contributed by atoms with E-state index in [1.54, 1.807) is 12.1 Å². The maximum atomic E-state index is 14.7. The number of carbonyl (C=O) groups is 2. The van der Waals surface area contributed by atoms with Gasteiger partial charge in [0.1, 0.15) is 11.4 Å². The fraction of sp³-hybridized carbons (Fsp3) is 0.484. The molecule has 1 spiro atoms. The van der Waals surface area contributed by atoms with Gasteiger partial charge in [-0.25, -0.2) is 28.2 Å². The first kappa shape index (κ1) is 29.9. The molecule has 3 fully saturated rings. The number of hydrogen-bond donors (Lipinski definition) is 2. The van der Waals surface area contributed by atoms with Crippen molar-refractivity contribution in [2.45, 2.75) is 63.0 Å². The molecular weight excluding hydrogens is 549 g/mol. The summed E-state index contributed by atoms with van der Waals surface area (Å²) in [5.74, 6) is -4.10. The number of carboxylic acid groups (broad SMARTS) is 1. The molecule has 0 unspecified atom stereocenters. The van der Waals surface area contributed by atoms with E-state index in [2.05, 4.69) is 15.3 Å². The summed E-state index contributed by atoms with van der Waals surface area (Å²) in [4.78, 5) is 27.7. The van der Waals surface area contributed by atoms with Gasteiger partial charge in [-0.1, -0.05) is 19.3 Å². The van der Waals surface area contributed by atoms with Gasteiger partial charge >= 0.3 is 12.1 Å². The van der Waals surface area contributed by atoms with Crippen molar-refractivity contribution < 1.29 is 32.6 Å². The topological polar surface area (TPSA) is 85.4 Å². The van der Waals surface area contributed by atoms with Gasteiger partial charge in [-0.15, -0.1) is 0 Å². The van der Waals surface area contributed by atoms with Gasteiger partial charge in [0.15, 0.2) is 11.6 Å². The maximum Gasteiger partial charge on any atom is 0.415 e. The highest BCUT2D eigenvalue weighted by molar-refractivity contribution is 5.92. The number of nitrogens with zero attached hydrogens (tertiary/aromatic N) is 3. The number of carboxylic acids is 1. The second-order valence-electron chi connectivity index (χ2n) is 11.5. The minimum atomic E-state index is -1.21. The molecule has 2 N–H and O–H groups in total. The number of hydrazine groups is 1. The van der Waals surface area contributed by atoms with E-state index in [9.17, 15) is 22.8 Å². The van der Waals surface area contributed by atoms with Crippen molar-refractivity contribution in [1.82, 2.24) is 15.3 Å². The molecule has 11 heteroatoms. The number of aromatic carboxylic acids is 1. The Morgan fingerprint density at radius 1 is 1.07 bits per heavy atom. The number of anilines is 1. The van der Waals surface area contributed by atoms with Gasteiger partial charge in [0.05, 0.1) is 12.1 Å². The van der Waals surface area contributed by atoms with Crippen LogP contribution < -0.4 is 10.3 Å². The van der Waals surface area contributed by atoms with E-state index in [-0.39, 0.29) is 17.5 Å². The van der Waals surface area contributed by atoms with Crippen LogP contribution in [0.5, 0.6) is 0 Å². The molecule has 2 saturated heterocycles. The van der Waals surface area contributed by atoms with Gasteiger partial charge in [-0.3, -0.25) is 9.80 Å². The molecule has 1 aliphatic carbocycles. The van der Waals surface area contributed by atoms with Crippen molar-refractivity contribution in [3.8, 4) is 0 Å². The van der Waals surface area contributed by atoms with Gasteiger partial charge in [-0.2, -0.15) is 0 Å². The number of halogens is 3. The highest BCUT2D eigenvalue weighted by Gasteiger charge is 2.47. The molecule has 2 aromatic carbocycles. The molecule has 42 heavy (non-hydrogen) atoms. The summed E-state index contributed by atoms with van der Waals surface area (Å²) in [5.41, 5.74) is 4.27. The van der Waals surface area contributed by atoms with Gasteiger partial charge in [0.2, 0.25) is 0 Å². The molecule has 0 aromatic heterocycles. The monoisotopic (exact) mass is 586 g/mol. The van der Waals surface area contributed by atoms with Gasteiger partial charge in [0, 0.05) is 63.5 Å². The number of ether oxygens (including phenoxy) is 1. The minimum Gasteiger partial charge on any atom is -0.478 e. The average molecular weight is 587 g/mol. The predicted octanol–water partition coefficient (Wildman–Crippen LogP) is 5.49. The summed E-state index contributed by atoms with van der Waals surface area (Å²) in [6, 6.07) is 7.96. The van der Waals surface area contributed by atoms with Gasteiger partial charge in [0.25, 0.3) is 0 Å². The fourth-order valence-corrected chi connectivity index (χ4v) is 6.27. The summed E-state index contributed by atoms with van der Waals surface area (Å²) in [6.45, 7) is 2.11. The molecule has 8 nitrogen and oxygen atoms in total. The van der Waals surface area contributed by atoms with E-state index in [1.807, 2.05) is 13.2 Å². The molecule has 3 aliphatic rings. The van der Waals surface area contributed by atoms with Crippen LogP contribution in [0.25, 0.3) is 0 Å². The van der Waals surface area contributed by atoms with Crippen LogP contribution in [0.1, 0.15) is 60.9 Å². The standard InChI is InChI=1S/C31H37F3N4O4/c1-35-38(25-5-3-2-4-6-25)19-21(15-23-16-27(33)28(34)17-26(23)32)18-36-13-11-31(12-14-36)20-37(30(41)42-31)24-9-7-22(8-10-24)29(39)40/h7-10,16-17,19,25,35H,2-6,11-15,18,20H2,1H3,(H,39,40). The summed E-state index contributed by atoms with van der Waals surface area (Å²) in [6.07, 6.45) is 8.39. The Balaban J connectivity index is 1.28. The van der Waals surface area contributed by atoms with Crippen LogP contribution in [-0.2, 0) is 11.2 Å². The summed E-state index contributed by atoms with van der Waals surface area (Å²) < 4.78 is 48.2. The summed E-state index contributed by atoms with van der Waals surface area (Å²) in [5, 5.41) is 11.2. The van der Waals surface area contributed by atoms with E-state index in [0.29, 0.717) is 56.8 Å². The number of amides is 1. The van der Waals surface area contributed by atoms with Crippen molar-refractivity contribution in [2.24, 2.45) is 0 Å². The Labute approximate surface area is 243 Å². The lowest BCUT2D eigenvalue weighted by Crippen LogP contribution is -2.47. The number of likely N-dealkylation sites (tertiary alicyclic amines) is 1. The lowest BCUT2D eigenvalue weighted by molar-refractivity contribution is 0.00279. The lowest BCUT2D eigenvalue weighted by Gasteiger charge is -2.38. The van der Waals surface area contributed by atoms with Gasteiger partial charge in [-0.05, 0) is 60.7 Å². The number of carbonyl (C=O) groups excluding carboxylic acids is 1. The first-order valence-electron chi connectivity index (χ1n) is 14.5. The van der Waals surface area contributed by atoms with Crippen molar-refractivity contribution >= 4 is 17.7 Å². The van der Waals surface area contributed by atoms with Crippen molar-refractivity contribution in [3.05, 3.63) is 76.7 Å². The summed E-state index contributed by atoms with van der Waals surface area (Å²) >= 11 is 0. The Kier molecular flexibility index (Phi) is 9.08. The zero-order chi connectivity index (χ0) is 29.9. The molecule has 1 saturated carbocycles. The summed E-state index contributed by atoms with van der Waals surface area (Å²) in [7, 11) is 1.85.